The summed E-state index contributed by atoms with van der Waals surface area (Å²) in [6.45, 7) is 4.80. The number of benzene rings is 1. The molecule has 0 aliphatic rings. The van der Waals surface area contributed by atoms with Crippen LogP contribution in [-0.2, 0) is 9.53 Å². The highest BCUT2D eigenvalue weighted by atomic mass is 16.5. The summed E-state index contributed by atoms with van der Waals surface area (Å²) in [7, 11) is 1.29. The molecular weight excluding hydrogens is 286 g/mol. The second-order valence-electron chi connectivity index (χ2n) is 5.33. The van der Waals surface area contributed by atoms with E-state index in [0.717, 1.165) is 6.42 Å². The first-order valence-electron chi connectivity index (χ1n) is 7.20. The zero-order chi connectivity index (χ0) is 16.5. The number of hydrogen-bond acceptors (Lipinski definition) is 4. The highest BCUT2D eigenvalue weighted by Gasteiger charge is 2.17. The van der Waals surface area contributed by atoms with Crippen molar-refractivity contribution in [2.24, 2.45) is 5.92 Å². The molecule has 0 saturated carbocycles. The number of carboxylic acids is 1. The van der Waals surface area contributed by atoms with Gasteiger partial charge in [0.2, 0.25) is 0 Å². The zero-order valence-electron chi connectivity index (χ0n) is 13.2. The van der Waals surface area contributed by atoms with Crippen LogP contribution in [0.1, 0.15) is 30.6 Å². The van der Waals surface area contributed by atoms with Gasteiger partial charge in [0.15, 0.2) is 6.10 Å². The fourth-order valence-corrected chi connectivity index (χ4v) is 1.67. The lowest BCUT2D eigenvalue weighted by Crippen LogP contribution is -2.37. The van der Waals surface area contributed by atoms with E-state index < -0.39 is 12.1 Å². The number of carboxylic acid groups (broad SMARTS) is 1. The van der Waals surface area contributed by atoms with Crippen molar-refractivity contribution in [1.82, 2.24) is 5.32 Å². The van der Waals surface area contributed by atoms with Crippen LogP contribution in [0.2, 0.25) is 0 Å². The molecule has 0 fully saturated rings. The van der Waals surface area contributed by atoms with E-state index in [0.29, 0.717) is 23.8 Å². The van der Waals surface area contributed by atoms with Gasteiger partial charge in [-0.05, 0) is 36.6 Å². The van der Waals surface area contributed by atoms with Crippen molar-refractivity contribution < 1.29 is 24.2 Å². The SMILES string of the molecule is COC(CNC(=O)c1ccc(OCCC(C)C)cc1)C(=O)O. The number of nitrogens with one attached hydrogen (secondary N) is 1. The molecule has 0 spiro atoms. The van der Waals surface area contributed by atoms with Crippen LogP contribution < -0.4 is 10.1 Å². The van der Waals surface area contributed by atoms with Crippen LogP contribution in [0.15, 0.2) is 24.3 Å². The molecule has 0 radical (unpaired) electrons. The van der Waals surface area contributed by atoms with Crippen LogP contribution in [-0.4, -0.2) is 43.3 Å². The molecule has 1 unspecified atom stereocenters. The second-order valence-corrected chi connectivity index (χ2v) is 5.33. The molecule has 0 bridgehead atoms. The van der Waals surface area contributed by atoms with Gasteiger partial charge in [-0.1, -0.05) is 13.8 Å². The fourth-order valence-electron chi connectivity index (χ4n) is 1.67. The van der Waals surface area contributed by atoms with E-state index in [4.69, 9.17) is 14.6 Å². The van der Waals surface area contributed by atoms with Crippen molar-refractivity contribution in [3.8, 4) is 5.75 Å². The number of methoxy groups -OCH3 is 1. The van der Waals surface area contributed by atoms with E-state index in [1.807, 2.05) is 0 Å². The van der Waals surface area contributed by atoms with Crippen LogP contribution in [0.4, 0.5) is 0 Å². The van der Waals surface area contributed by atoms with Gasteiger partial charge in [0.25, 0.3) is 5.91 Å². The minimum absolute atomic E-state index is 0.0860. The van der Waals surface area contributed by atoms with E-state index in [-0.39, 0.29) is 12.5 Å². The lowest BCUT2D eigenvalue weighted by atomic mass is 10.1. The normalized spacial score (nSPS) is 12.0. The third-order valence-corrected chi connectivity index (χ3v) is 3.09. The fraction of sp³-hybridized carbons (Fsp3) is 0.500. The molecule has 1 atom stereocenters. The smallest absolute Gasteiger partial charge is 0.334 e. The molecule has 2 N–H and O–H groups in total. The minimum Gasteiger partial charge on any atom is -0.494 e. The van der Waals surface area contributed by atoms with Crippen molar-refractivity contribution in [3.05, 3.63) is 29.8 Å². The summed E-state index contributed by atoms with van der Waals surface area (Å²) >= 11 is 0. The van der Waals surface area contributed by atoms with E-state index in [2.05, 4.69) is 19.2 Å². The van der Waals surface area contributed by atoms with Gasteiger partial charge in [-0.3, -0.25) is 4.79 Å². The molecule has 1 aromatic rings. The Morgan fingerprint density at radius 1 is 1.23 bits per heavy atom. The Balaban J connectivity index is 2.48. The third-order valence-electron chi connectivity index (χ3n) is 3.09. The quantitative estimate of drug-likeness (QED) is 0.728. The Bertz CT molecular complexity index is 484. The second kappa shape index (κ2) is 9.04. The molecule has 6 heteroatoms. The number of rotatable bonds is 9. The lowest BCUT2D eigenvalue weighted by Gasteiger charge is -2.12. The Morgan fingerprint density at radius 2 is 1.86 bits per heavy atom. The largest absolute Gasteiger partial charge is 0.494 e. The summed E-state index contributed by atoms with van der Waals surface area (Å²) in [5.41, 5.74) is 0.441. The monoisotopic (exact) mass is 309 g/mol. The maximum Gasteiger partial charge on any atom is 0.334 e. The van der Waals surface area contributed by atoms with Crippen molar-refractivity contribution in [2.75, 3.05) is 20.3 Å². The number of hydrogen-bond donors (Lipinski definition) is 2. The van der Waals surface area contributed by atoms with Gasteiger partial charge in [-0.15, -0.1) is 0 Å². The van der Waals surface area contributed by atoms with Gasteiger partial charge in [-0.2, -0.15) is 0 Å². The summed E-state index contributed by atoms with van der Waals surface area (Å²) in [6, 6.07) is 6.73. The molecule has 122 valence electrons. The Hall–Kier alpha value is -2.08. The standard InChI is InChI=1S/C16H23NO5/c1-11(2)8-9-22-13-6-4-12(5-7-13)15(18)17-10-14(21-3)16(19)20/h4-7,11,14H,8-10H2,1-3H3,(H,17,18)(H,19,20). The number of carbonyl (C=O) groups is 2. The summed E-state index contributed by atoms with van der Waals surface area (Å²) in [5, 5.41) is 11.3. The maximum absolute atomic E-state index is 11.9. The first-order valence-corrected chi connectivity index (χ1v) is 7.20. The van der Waals surface area contributed by atoms with Crippen molar-refractivity contribution in [3.63, 3.8) is 0 Å². The molecule has 1 rings (SSSR count). The van der Waals surface area contributed by atoms with Crippen LogP contribution in [0.3, 0.4) is 0 Å². The molecule has 0 aromatic heterocycles. The van der Waals surface area contributed by atoms with Gasteiger partial charge >= 0.3 is 5.97 Å². The number of aliphatic carboxylic acids is 1. The highest BCUT2D eigenvalue weighted by Crippen LogP contribution is 2.13. The lowest BCUT2D eigenvalue weighted by molar-refractivity contribution is -0.148. The van der Waals surface area contributed by atoms with Crippen molar-refractivity contribution >= 4 is 11.9 Å². The van der Waals surface area contributed by atoms with Gasteiger partial charge in [-0.25, -0.2) is 4.79 Å². The van der Waals surface area contributed by atoms with Gasteiger partial charge < -0.3 is 19.9 Å². The molecule has 22 heavy (non-hydrogen) atoms. The van der Waals surface area contributed by atoms with Crippen LogP contribution >= 0.6 is 0 Å². The maximum atomic E-state index is 11.9. The summed E-state index contributed by atoms with van der Waals surface area (Å²) in [6.07, 6.45) is -0.0851. The Morgan fingerprint density at radius 3 is 2.36 bits per heavy atom. The first kappa shape index (κ1) is 18.0. The van der Waals surface area contributed by atoms with Crippen molar-refractivity contribution in [2.45, 2.75) is 26.4 Å². The third kappa shape index (κ3) is 6.13. The predicted molar refractivity (Wildman–Crippen MR) is 82.2 cm³/mol. The molecule has 0 aliphatic heterocycles. The number of carbonyl (C=O) groups excluding carboxylic acids is 1. The number of ether oxygens (including phenoxy) is 2. The Kier molecular flexibility index (Phi) is 7.39. The van der Waals surface area contributed by atoms with E-state index in [9.17, 15) is 9.59 Å². The van der Waals surface area contributed by atoms with Gasteiger partial charge in [0.05, 0.1) is 13.2 Å². The summed E-state index contributed by atoms with van der Waals surface area (Å²) < 4.78 is 10.3. The predicted octanol–water partition coefficient (Wildman–Crippen LogP) is 1.94. The molecular formula is C16H23NO5. The molecule has 1 amide bonds. The van der Waals surface area contributed by atoms with Crippen LogP contribution in [0.25, 0.3) is 0 Å². The van der Waals surface area contributed by atoms with Crippen LogP contribution in [0.5, 0.6) is 5.75 Å². The highest BCUT2D eigenvalue weighted by molar-refractivity contribution is 5.94. The van der Waals surface area contributed by atoms with Crippen LogP contribution in [0, 0.1) is 5.92 Å². The van der Waals surface area contributed by atoms with Gasteiger partial charge in [0, 0.05) is 12.7 Å². The first-order chi connectivity index (χ1) is 10.4. The summed E-state index contributed by atoms with van der Waals surface area (Å²) in [5.74, 6) is -0.181. The average molecular weight is 309 g/mol. The summed E-state index contributed by atoms with van der Waals surface area (Å²) in [4.78, 5) is 22.7. The molecule has 0 saturated heterocycles. The van der Waals surface area contributed by atoms with E-state index in [1.54, 1.807) is 24.3 Å². The topological polar surface area (TPSA) is 84.9 Å². The molecule has 1 aromatic carbocycles. The van der Waals surface area contributed by atoms with Gasteiger partial charge in [0.1, 0.15) is 5.75 Å². The minimum atomic E-state index is -1.11. The van der Waals surface area contributed by atoms with Crippen molar-refractivity contribution in [1.29, 1.82) is 0 Å². The molecule has 6 nitrogen and oxygen atoms in total. The molecule has 0 heterocycles. The Labute approximate surface area is 130 Å². The number of amides is 1. The zero-order valence-corrected chi connectivity index (χ0v) is 13.2. The van der Waals surface area contributed by atoms with E-state index in [1.165, 1.54) is 7.11 Å². The average Bonchev–Trinajstić information content (AvgIpc) is 2.47. The van der Waals surface area contributed by atoms with E-state index >= 15 is 0 Å². The molecule has 0 aliphatic carbocycles.